The molecule has 4 nitrogen and oxygen atoms in total. The number of hydrogen-bond donors (Lipinski definition) is 1. The molecule has 4 fully saturated rings. The second-order valence-electron chi connectivity index (χ2n) is 9.34. The molecule has 0 saturated heterocycles. The smallest absolute Gasteiger partial charge is 0.224 e. The fourth-order valence-electron chi connectivity index (χ4n) is 7.51. The Morgan fingerprint density at radius 3 is 2.89 bits per heavy atom. The summed E-state index contributed by atoms with van der Waals surface area (Å²) in [7, 11) is 1.57. The van der Waals surface area contributed by atoms with E-state index in [0.717, 1.165) is 24.0 Å². The fraction of sp³-hybridized carbons (Fsp3) is 0.565. The average Bonchev–Trinajstić information content (AvgIpc) is 2.96. The van der Waals surface area contributed by atoms with Crippen LogP contribution in [-0.2, 0) is 9.53 Å². The summed E-state index contributed by atoms with van der Waals surface area (Å²) in [6, 6.07) is 5.42. The number of ether oxygens (including phenoxy) is 1. The number of carbonyl (C=O) groups excluding carboxylic acids is 2. The van der Waals surface area contributed by atoms with Crippen molar-refractivity contribution in [2.24, 2.45) is 28.6 Å². The van der Waals surface area contributed by atoms with Crippen molar-refractivity contribution in [2.75, 3.05) is 12.4 Å². The molecule has 5 atom stereocenters. The molecule has 4 aliphatic carbocycles. The minimum absolute atomic E-state index is 0.0916. The molecule has 4 heteroatoms. The van der Waals surface area contributed by atoms with Gasteiger partial charge in [-0.2, -0.15) is 0 Å². The molecule has 0 aliphatic heterocycles. The summed E-state index contributed by atoms with van der Waals surface area (Å²) in [5.41, 5.74) is 2.66. The molecule has 3 bridgehead atoms. The van der Waals surface area contributed by atoms with Crippen LogP contribution in [0.25, 0.3) is 6.08 Å². The van der Waals surface area contributed by atoms with E-state index in [1.54, 1.807) is 19.3 Å². The minimum Gasteiger partial charge on any atom is -0.504 e. The Hall–Kier alpha value is -2.10. The number of fused-ring (bicyclic) bond motifs is 2. The zero-order valence-electron chi connectivity index (χ0n) is 15.9. The molecule has 1 aromatic carbocycles. The van der Waals surface area contributed by atoms with Crippen LogP contribution in [0.15, 0.2) is 24.5 Å². The molecule has 4 aliphatic rings. The summed E-state index contributed by atoms with van der Waals surface area (Å²) in [4.78, 5) is 24.4. The lowest BCUT2D eigenvalue weighted by Gasteiger charge is -2.59. The molecule has 1 aromatic rings. The monoisotopic (exact) mass is 365 g/mol. The first kappa shape index (κ1) is 17.0. The summed E-state index contributed by atoms with van der Waals surface area (Å²) in [6.45, 7) is 0. The van der Waals surface area contributed by atoms with Gasteiger partial charge >= 0.3 is 0 Å². The van der Waals surface area contributed by atoms with Gasteiger partial charge in [-0.3, -0.25) is 9.59 Å². The highest BCUT2D eigenvalue weighted by Gasteiger charge is 2.74. The van der Waals surface area contributed by atoms with Gasteiger partial charge < -0.3 is 10.1 Å². The third-order valence-corrected chi connectivity index (χ3v) is 8.16. The number of hydrogen-bond acceptors (Lipinski definition) is 3. The fourth-order valence-corrected chi connectivity index (χ4v) is 7.51. The van der Waals surface area contributed by atoms with Crippen molar-refractivity contribution < 1.29 is 14.3 Å². The van der Waals surface area contributed by atoms with Gasteiger partial charge in [-0.1, -0.05) is 12.1 Å². The van der Waals surface area contributed by atoms with Gasteiger partial charge in [-0.25, -0.2) is 0 Å². The Morgan fingerprint density at radius 1 is 1.22 bits per heavy atom. The van der Waals surface area contributed by atoms with E-state index in [0.29, 0.717) is 28.7 Å². The summed E-state index contributed by atoms with van der Waals surface area (Å²) >= 11 is 0. The van der Waals surface area contributed by atoms with Crippen LogP contribution in [0.5, 0.6) is 0 Å². The van der Waals surface area contributed by atoms with E-state index in [2.05, 4.69) is 5.32 Å². The lowest BCUT2D eigenvalue weighted by atomic mass is 9.45. The molecule has 0 aromatic heterocycles. The van der Waals surface area contributed by atoms with Crippen molar-refractivity contribution >= 4 is 24.0 Å². The van der Waals surface area contributed by atoms with Gasteiger partial charge in [0.2, 0.25) is 5.91 Å². The highest BCUT2D eigenvalue weighted by molar-refractivity contribution is 5.96. The van der Waals surface area contributed by atoms with E-state index >= 15 is 0 Å². The number of aldehydes is 1. The van der Waals surface area contributed by atoms with Gasteiger partial charge in [-0.05, 0) is 79.3 Å². The van der Waals surface area contributed by atoms with Crippen molar-refractivity contribution in [1.82, 2.24) is 0 Å². The largest absolute Gasteiger partial charge is 0.504 e. The molecule has 0 radical (unpaired) electrons. The van der Waals surface area contributed by atoms with Crippen molar-refractivity contribution in [3.05, 3.63) is 35.6 Å². The number of anilines is 1. The first-order valence-electron chi connectivity index (χ1n) is 10.2. The Bertz CT molecular complexity index is 825. The molecule has 1 N–H and O–H groups in total. The maximum Gasteiger partial charge on any atom is 0.224 e. The van der Waals surface area contributed by atoms with Crippen LogP contribution in [0.4, 0.5) is 5.69 Å². The predicted octanol–water partition coefficient (Wildman–Crippen LogP) is 4.66. The standard InChI is InChI=1S/C23H27NO3/c1-27-6-5-19-17(14-25)3-2-4-20(19)24-21(26)13-22-9-16-7-15-8-18(12-22)23(22,10-15)11-16/h2-6,14-16,18H,7-13H2,1H3,(H,24,26)/b6-5-. The zero-order valence-corrected chi connectivity index (χ0v) is 15.9. The van der Waals surface area contributed by atoms with Crippen LogP contribution in [-0.4, -0.2) is 19.3 Å². The van der Waals surface area contributed by atoms with Crippen LogP contribution in [0.2, 0.25) is 0 Å². The first-order valence-corrected chi connectivity index (χ1v) is 10.2. The van der Waals surface area contributed by atoms with Gasteiger partial charge in [0.1, 0.15) is 0 Å². The van der Waals surface area contributed by atoms with E-state index in [1.807, 2.05) is 12.1 Å². The maximum atomic E-state index is 13.0. The predicted molar refractivity (Wildman–Crippen MR) is 104 cm³/mol. The zero-order chi connectivity index (χ0) is 18.6. The van der Waals surface area contributed by atoms with E-state index in [-0.39, 0.29) is 11.3 Å². The summed E-state index contributed by atoms with van der Waals surface area (Å²) in [5.74, 6) is 2.74. The van der Waals surface area contributed by atoms with Crippen LogP contribution in [0.3, 0.4) is 0 Å². The topological polar surface area (TPSA) is 55.4 Å². The molecule has 1 amide bonds. The number of carbonyl (C=O) groups is 2. The molecule has 1 spiro atoms. The van der Waals surface area contributed by atoms with Crippen LogP contribution in [0.1, 0.15) is 60.9 Å². The molecular weight excluding hydrogens is 338 g/mol. The molecular formula is C23H27NO3. The molecule has 4 saturated carbocycles. The Morgan fingerprint density at radius 2 is 2.07 bits per heavy atom. The number of amides is 1. The number of methoxy groups -OCH3 is 1. The minimum atomic E-state index is 0.0916. The second-order valence-corrected chi connectivity index (χ2v) is 9.34. The number of rotatable bonds is 6. The first-order chi connectivity index (χ1) is 13.1. The van der Waals surface area contributed by atoms with E-state index in [1.165, 1.54) is 44.8 Å². The molecule has 5 rings (SSSR count). The SMILES string of the molecule is CO/C=C\c1c(C=O)cccc1NC(=O)CC12CC3CC4CC(C1)C2(C4)C3. The van der Waals surface area contributed by atoms with Crippen molar-refractivity contribution in [2.45, 2.75) is 44.9 Å². The molecule has 5 unspecified atom stereocenters. The van der Waals surface area contributed by atoms with Gasteiger partial charge in [0.25, 0.3) is 0 Å². The highest BCUT2D eigenvalue weighted by atomic mass is 16.5. The summed E-state index contributed by atoms with van der Waals surface area (Å²) < 4.78 is 5.01. The normalized spacial score (nSPS) is 37.9. The number of benzene rings is 1. The maximum absolute atomic E-state index is 13.0. The van der Waals surface area contributed by atoms with E-state index in [9.17, 15) is 9.59 Å². The average molecular weight is 365 g/mol. The van der Waals surface area contributed by atoms with Gasteiger partial charge in [0, 0.05) is 23.2 Å². The van der Waals surface area contributed by atoms with Crippen molar-refractivity contribution in [1.29, 1.82) is 0 Å². The third kappa shape index (κ3) is 2.35. The van der Waals surface area contributed by atoms with Crippen molar-refractivity contribution in [3.63, 3.8) is 0 Å². The van der Waals surface area contributed by atoms with Crippen LogP contribution >= 0.6 is 0 Å². The van der Waals surface area contributed by atoms with Crippen LogP contribution in [0, 0.1) is 28.6 Å². The molecule has 0 heterocycles. The van der Waals surface area contributed by atoms with Gasteiger partial charge in [-0.15, -0.1) is 0 Å². The summed E-state index contributed by atoms with van der Waals surface area (Å²) in [6.07, 6.45) is 12.8. The molecule has 142 valence electrons. The lowest BCUT2D eigenvalue weighted by Crippen LogP contribution is -2.53. The quantitative estimate of drug-likeness (QED) is 0.589. The summed E-state index contributed by atoms with van der Waals surface area (Å²) in [5, 5.41) is 3.10. The highest BCUT2D eigenvalue weighted by Crippen LogP contribution is 2.82. The van der Waals surface area contributed by atoms with Gasteiger partial charge in [0.05, 0.1) is 13.4 Å². The Kier molecular flexibility index (Phi) is 3.75. The molecule has 27 heavy (non-hydrogen) atoms. The Balaban J connectivity index is 1.37. The number of nitrogens with one attached hydrogen (secondary N) is 1. The second kappa shape index (κ2) is 5.95. The van der Waals surface area contributed by atoms with Gasteiger partial charge in [0.15, 0.2) is 6.29 Å². The Labute approximate surface area is 160 Å². The lowest BCUT2D eigenvalue weighted by molar-refractivity contribution is -0.136. The van der Waals surface area contributed by atoms with Crippen molar-refractivity contribution in [3.8, 4) is 0 Å². The van der Waals surface area contributed by atoms with E-state index < -0.39 is 0 Å². The third-order valence-electron chi connectivity index (χ3n) is 8.16. The van der Waals surface area contributed by atoms with Crippen LogP contribution < -0.4 is 5.32 Å². The van der Waals surface area contributed by atoms with E-state index in [4.69, 9.17) is 4.74 Å².